The molecule has 0 fully saturated rings. The molecule has 0 saturated heterocycles. The van der Waals surface area contributed by atoms with Crippen molar-refractivity contribution < 1.29 is 39.0 Å². The van der Waals surface area contributed by atoms with Crippen LogP contribution in [-0.2, 0) is 41.6 Å². The maximum absolute atomic E-state index is 13.3. The third kappa shape index (κ3) is 13.7. The summed E-state index contributed by atoms with van der Waals surface area (Å²) in [7, 11) is 0. The van der Waals surface area contributed by atoms with Gasteiger partial charge in [0.25, 0.3) is 0 Å². The first-order valence-corrected chi connectivity index (χ1v) is 16.0. The van der Waals surface area contributed by atoms with Crippen LogP contribution in [0.5, 0.6) is 5.75 Å². The molecule has 4 atom stereocenters. The SMILES string of the molecule is CC(=O)N[C@@H](Cc1ccc(O)cc1)C(=O)C[C@H](C(=O)N[C@@H](C)C(=O)C[C@@H](CC(=O)O)C(=O)CCCCCc1ccccc1)C(C)C. The van der Waals surface area contributed by atoms with Gasteiger partial charge < -0.3 is 20.8 Å². The van der Waals surface area contributed by atoms with Crippen molar-refractivity contribution in [2.75, 3.05) is 0 Å². The lowest BCUT2D eigenvalue weighted by atomic mass is 9.86. The molecule has 0 aliphatic carbocycles. The van der Waals surface area contributed by atoms with Crippen molar-refractivity contribution in [3.05, 3.63) is 65.7 Å². The smallest absolute Gasteiger partial charge is 0.304 e. The predicted octanol–water partition coefficient (Wildman–Crippen LogP) is 4.60. The molecule has 2 rings (SSSR count). The number of nitrogens with one attached hydrogen (secondary N) is 2. The molecule has 0 heterocycles. The Morgan fingerprint density at radius 3 is 1.96 bits per heavy atom. The fourth-order valence-corrected chi connectivity index (χ4v) is 5.33. The number of ketones is 3. The Hall–Kier alpha value is -4.34. The highest BCUT2D eigenvalue weighted by atomic mass is 16.4. The van der Waals surface area contributed by atoms with Crippen LogP contribution in [0, 0.1) is 17.8 Å². The van der Waals surface area contributed by atoms with E-state index in [2.05, 4.69) is 10.6 Å². The number of amides is 2. The molecular weight excluding hydrogens is 588 g/mol. The average molecular weight is 637 g/mol. The van der Waals surface area contributed by atoms with Gasteiger partial charge in [0.2, 0.25) is 11.8 Å². The molecule has 0 saturated carbocycles. The molecule has 0 spiro atoms. The van der Waals surface area contributed by atoms with Crippen molar-refractivity contribution in [2.24, 2.45) is 17.8 Å². The minimum Gasteiger partial charge on any atom is -0.508 e. The number of rotatable bonds is 21. The second kappa shape index (κ2) is 19.2. The number of benzene rings is 2. The number of hydrogen-bond donors (Lipinski definition) is 4. The summed E-state index contributed by atoms with van der Waals surface area (Å²) in [6.45, 7) is 6.33. The van der Waals surface area contributed by atoms with E-state index in [0.29, 0.717) is 12.0 Å². The van der Waals surface area contributed by atoms with Crippen LogP contribution in [0.4, 0.5) is 0 Å². The molecule has 0 aliphatic heterocycles. The third-order valence-corrected chi connectivity index (χ3v) is 8.10. The van der Waals surface area contributed by atoms with Crippen molar-refractivity contribution >= 4 is 35.1 Å². The second-order valence-corrected chi connectivity index (χ2v) is 12.4. The molecule has 0 unspecified atom stereocenters. The monoisotopic (exact) mass is 636 g/mol. The highest BCUT2D eigenvalue weighted by Crippen LogP contribution is 2.21. The lowest BCUT2D eigenvalue weighted by molar-refractivity contribution is -0.141. The van der Waals surface area contributed by atoms with Crippen LogP contribution < -0.4 is 10.6 Å². The summed E-state index contributed by atoms with van der Waals surface area (Å²) in [5, 5.41) is 24.2. The predicted molar refractivity (Wildman–Crippen MR) is 174 cm³/mol. The largest absolute Gasteiger partial charge is 0.508 e. The molecule has 0 bridgehead atoms. The Labute approximate surface area is 271 Å². The van der Waals surface area contributed by atoms with Gasteiger partial charge in [0.15, 0.2) is 11.6 Å². The van der Waals surface area contributed by atoms with Gasteiger partial charge in [-0.1, -0.05) is 62.7 Å². The van der Waals surface area contributed by atoms with Gasteiger partial charge in [-0.15, -0.1) is 0 Å². The van der Waals surface area contributed by atoms with E-state index >= 15 is 0 Å². The fourth-order valence-electron chi connectivity index (χ4n) is 5.33. The summed E-state index contributed by atoms with van der Waals surface area (Å²) in [6.07, 6.45) is 2.57. The number of unbranched alkanes of at least 4 members (excludes halogenated alkanes) is 2. The number of carbonyl (C=O) groups is 6. The molecule has 0 aromatic heterocycles. The maximum atomic E-state index is 13.3. The van der Waals surface area contributed by atoms with E-state index in [1.807, 2.05) is 30.3 Å². The lowest BCUT2D eigenvalue weighted by Crippen LogP contribution is -2.47. The number of aliphatic carboxylic acids is 1. The average Bonchev–Trinajstić information content (AvgIpc) is 2.99. The molecular formula is C36H48N2O8. The van der Waals surface area contributed by atoms with Crippen LogP contribution in [0.25, 0.3) is 0 Å². The van der Waals surface area contributed by atoms with E-state index in [1.54, 1.807) is 26.0 Å². The summed E-state index contributed by atoms with van der Waals surface area (Å²) in [5.74, 6) is -5.19. The first-order chi connectivity index (χ1) is 21.8. The maximum Gasteiger partial charge on any atom is 0.304 e. The van der Waals surface area contributed by atoms with Crippen LogP contribution in [-0.4, -0.2) is 57.4 Å². The molecule has 0 radical (unpaired) electrons. The summed E-state index contributed by atoms with van der Waals surface area (Å²) in [4.78, 5) is 75.9. The number of carboxylic acid groups (broad SMARTS) is 1. The second-order valence-electron chi connectivity index (χ2n) is 12.4. The fraction of sp³-hybridized carbons (Fsp3) is 0.500. The number of phenols is 1. The quantitative estimate of drug-likeness (QED) is 0.144. The van der Waals surface area contributed by atoms with E-state index in [9.17, 15) is 39.0 Å². The highest BCUT2D eigenvalue weighted by Gasteiger charge is 2.32. The van der Waals surface area contributed by atoms with Gasteiger partial charge in [0.05, 0.1) is 18.5 Å². The van der Waals surface area contributed by atoms with Gasteiger partial charge >= 0.3 is 5.97 Å². The van der Waals surface area contributed by atoms with Gasteiger partial charge in [-0.25, -0.2) is 0 Å². The zero-order chi connectivity index (χ0) is 34.2. The molecule has 4 N–H and O–H groups in total. The van der Waals surface area contributed by atoms with Crippen molar-refractivity contribution in [1.82, 2.24) is 10.6 Å². The zero-order valence-electron chi connectivity index (χ0n) is 27.3. The summed E-state index contributed by atoms with van der Waals surface area (Å²) in [6, 6.07) is 14.4. The number of Topliss-reactive ketones (excluding diaryl/α,β-unsaturated/α-hetero) is 3. The number of phenolic OH excluding ortho intramolecular Hbond substituents is 1. The number of hydrogen-bond acceptors (Lipinski definition) is 7. The van der Waals surface area contributed by atoms with Crippen LogP contribution in [0.15, 0.2) is 54.6 Å². The van der Waals surface area contributed by atoms with Gasteiger partial charge in [-0.2, -0.15) is 0 Å². The van der Waals surface area contributed by atoms with Crippen molar-refractivity contribution in [1.29, 1.82) is 0 Å². The minimum atomic E-state index is -1.17. The van der Waals surface area contributed by atoms with Crippen molar-refractivity contribution in [3.63, 3.8) is 0 Å². The Kier molecular flexibility index (Phi) is 15.8. The Morgan fingerprint density at radius 1 is 0.717 bits per heavy atom. The Balaban J connectivity index is 1.96. The third-order valence-electron chi connectivity index (χ3n) is 8.10. The number of aromatic hydroxyl groups is 1. The van der Waals surface area contributed by atoms with Crippen LogP contribution in [0.1, 0.15) is 83.8 Å². The molecule has 10 nitrogen and oxygen atoms in total. The normalized spacial score (nSPS) is 13.7. The summed E-state index contributed by atoms with van der Waals surface area (Å²) < 4.78 is 0. The van der Waals surface area contributed by atoms with Gasteiger partial charge in [0.1, 0.15) is 11.5 Å². The van der Waals surface area contributed by atoms with Crippen molar-refractivity contribution in [2.45, 2.75) is 97.6 Å². The number of carbonyl (C=O) groups excluding carboxylic acids is 5. The summed E-state index contributed by atoms with van der Waals surface area (Å²) in [5.41, 5.74) is 1.93. The van der Waals surface area contributed by atoms with Gasteiger partial charge in [-0.05, 0) is 61.8 Å². The zero-order valence-corrected chi connectivity index (χ0v) is 27.3. The standard InChI is InChI=1S/C36H48N2O8/c1-23(2)30(22-34(43)31(38-25(4)39)19-27-15-17-29(40)18-16-27)36(46)37-24(3)33(42)20-28(21-35(44)45)32(41)14-10-6-9-13-26-11-7-5-8-12-26/h5,7-8,11-12,15-18,23-24,28,30-31,40H,6,9-10,13-14,19-22H2,1-4H3,(H,37,46)(H,38,39)(H,44,45)/t24-,28-,30-,31-/m0/s1. The van der Waals surface area contributed by atoms with Crippen LogP contribution in [0.3, 0.4) is 0 Å². The van der Waals surface area contributed by atoms with Crippen LogP contribution >= 0.6 is 0 Å². The van der Waals surface area contributed by atoms with E-state index in [1.165, 1.54) is 31.5 Å². The van der Waals surface area contributed by atoms with E-state index in [4.69, 9.17) is 0 Å². The molecule has 250 valence electrons. The van der Waals surface area contributed by atoms with E-state index < -0.39 is 53.9 Å². The molecule has 2 aromatic rings. The Morgan fingerprint density at radius 2 is 1.37 bits per heavy atom. The van der Waals surface area contributed by atoms with Crippen LogP contribution in [0.2, 0.25) is 0 Å². The number of aryl methyl sites for hydroxylation is 1. The highest BCUT2D eigenvalue weighted by molar-refractivity contribution is 5.96. The summed E-state index contributed by atoms with van der Waals surface area (Å²) >= 11 is 0. The first-order valence-electron chi connectivity index (χ1n) is 16.0. The lowest BCUT2D eigenvalue weighted by Gasteiger charge is -2.25. The van der Waals surface area contributed by atoms with Gasteiger partial charge in [0, 0.05) is 38.0 Å². The topological polar surface area (TPSA) is 167 Å². The minimum absolute atomic E-state index is 0.0690. The van der Waals surface area contributed by atoms with E-state index in [-0.39, 0.29) is 48.9 Å². The Bertz CT molecular complexity index is 1320. The number of carboxylic acids is 1. The first kappa shape index (κ1) is 37.8. The van der Waals surface area contributed by atoms with E-state index in [0.717, 1.165) is 19.3 Å². The molecule has 2 amide bonds. The van der Waals surface area contributed by atoms with Gasteiger partial charge in [-0.3, -0.25) is 28.8 Å². The van der Waals surface area contributed by atoms with Crippen molar-refractivity contribution in [3.8, 4) is 5.75 Å². The molecule has 10 heteroatoms. The molecule has 0 aliphatic rings. The molecule has 2 aromatic carbocycles. The molecule has 46 heavy (non-hydrogen) atoms.